The predicted molar refractivity (Wildman–Crippen MR) is 87.3 cm³/mol. The van der Waals surface area contributed by atoms with E-state index in [4.69, 9.17) is 4.74 Å². The number of aryl methyl sites for hydroxylation is 1. The number of ether oxygens (including phenoxy) is 1. The minimum absolute atomic E-state index is 0.0646. The van der Waals surface area contributed by atoms with E-state index in [9.17, 15) is 4.79 Å². The lowest BCUT2D eigenvalue weighted by molar-refractivity contribution is 0.0928. The number of hydrogen-bond acceptors (Lipinski definition) is 5. The summed E-state index contributed by atoms with van der Waals surface area (Å²) in [7, 11) is 1.64. The van der Waals surface area contributed by atoms with Gasteiger partial charge in [-0.1, -0.05) is 37.4 Å². The molecule has 1 aromatic heterocycles. The molecule has 0 bridgehead atoms. The molecule has 1 atom stereocenters. The van der Waals surface area contributed by atoms with E-state index in [2.05, 4.69) is 28.8 Å². The van der Waals surface area contributed by atoms with Gasteiger partial charge in [-0.15, -0.1) is 5.10 Å². The summed E-state index contributed by atoms with van der Waals surface area (Å²) in [6, 6.07) is 7.71. The van der Waals surface area contributed by atoms with Crippen molar-refractivity contribution >= 4 is 17.4 Å². The highest BCUT2D eigenvalue weighted by Gasteiger charge is 2.22. The second kappa shape index (κ2) is 7.35. The maximum absolute atomic E-state index is 12.5. The van der Waals surface area contributed by atoms with Crippen molar-refractivity contribution in [1.82, 2.24) is 14.9 Å². The van der Waals surface area contributed by atoms with E-state index < -0.39 is 0 Å². The molecule has 1 aromatic carbocycles. The Labute approximate surface area is 134 Å². The summed E-state index contributed by atoms with van der Waals surface area (Å²) in [5.41, 5.74) is 1.81. The molecule has 2 aromatic rings. The first kappa shape index (κ1) is 16.4. The van der Waals surface area contributed by atoms with E-state index in [1.807, 2.05) is 31.2 Å². The van der Waals surface area contributed by atoms with Crippen LogP contribution in [0.5, 0.6) is 5.75 Å². The number of carbonyl (C=O) groups is 1. The molecule has 2 rings (SSSR count). The lowest BCUT2D eigenvalue weighted by Crippen LogP contribution is -2.31. The highest BCUT2D eigenvalue weighted by Crippen LogP contribution is 2.25. The number of amides is 1. The Morgan fingerprint density at radius 1 is 1.32 bits per heavy atom. The third-order valence-electron chi connectivity index (χ3n) is 3.53. The average molecular weight is 319 g/mol. The number of methoxy groups -OCH3 is 1. The molecule has 1 amide bonds. The molecule has 118 valence electrons. The third kappa shape index (κ3) is 3.62. The second-order valence-electron chi connectivity index (χ2n) is 5.37. The first-order valence-corrected chi connectivity index (χ1v) is 8.10. The topological polar surface area (TPSA) is 64.1 Å². The van der Waals surface area contributed by atoms with E-state index in [1.165, 1.54) is 0 Å². The number of rotatable bonds is 6. The van der Waals surface area contributed by atoms with Gasteiger partial charge in [0.2, 0.25) is 0 Å². The van der Waals surface area contributed by atoms with Gasteiger partial charge in [0.05, 0.1) is 18.8 Å². The zero-order chi connectivity index (χ0) is 16.1. The van der Waals surface area contributed by atoms with Gasteiger partial charge in [-0.2, -0.15) is 0 Å². The van der Waals surface area contributed by atoms with Crippen LogP contribution in [0.1, 0.15) is 47.7 Å². The lowest BCUT2D eigenvalue weighted by Gasteiger charge is -2.23. The second-order valence-corrected chi connectivity index (χ2v) is 6.12. The molecule has 1 heterocycles. The molecule has 1 N–H and O–H groups in total. The molecular weight excluding hydrogens is 298 g/mol. The van der Waals surface area contributed by atoms with E-state index in [0.29, 0.717) is 11.3 Å². The van der Waals surface area contributed by atoms with Crippen LogP contribution < -0.4 is 10.1 Å². The Hall–Kier alpha value is -1.95. The Bertz CT molecular complexity index is 623. The van der Waals surface area contributed by atoms with Crippen LogP contribution in [0, 0.1) is 5.92 Å². The fourth-order valence-electron chi connectivity index (χ4n) is 2.27. The van der Waals surface area contributed by atoms with E-state index in [0.717, 1.165) is 28.5 Å². The normalized spacial score (nSPS) is 12.2. The summed E-state index contributed by atoms with van der Waals surface area (Å²) >= 11 is 1.14. The van der Waals surface area contributed by atoms with Gasteiger partial charge in [0.25, 0.3) is 5.91 Å². The summed E-state index contributed by atoms with van der Waals surface area (Å²) in [5.74, 6) is 0.960. The molecule has 0 aliphatic heterocycles. The van der Waals surface area contributed by atoms with Crippen LogP contribution in [0.25, 0.3) is 0 Å². The zero-order valence-corrected chi connectivity index (χ0v) is 14.1. The van der Waals surface area contributed by atoms with Gasteiger partial charge >= 0.3 is 0 Å². The summed E-state index contributed by atoms with van der Waals surface area (Å²) in [6.07, 6.45) is 0.703. The van der Waals surface area contributed by atoms with Crippen LogP contribution in [0.3, 0.4) is 0 Å². The summed E-state index contributed by atoms with van der Waals surface area (Å²) in [4.78, 5) is 13.1. The van der Waals surface area contributed by atoms with E-state index in [-0.39, 0.29) is 17.9 Å². The number of aromatic nitrogens is 2. The fraction of sp³-hybridized carbons (Fsp3) is 0.438. The Morgan fingerprint density at radius 2 is 2.00 bits per heavy atom. The standard InChI is InChI=1S/C16H21N3O2S/c1-5-13-15(22-19-18-13)16(20)17-14(10(2)3)11-6-8-12(21-4)9-7-11/h6-10,14H,5H2,1-4H3,(H,17,20). The minimum Gasteiger partial charge on any atom is -0.497 e. The molecule has 0 radical (unpaired) electrons. The fourth-order valence-corrected chi connectivity index (χ4v) is 2.92. The average Bonchev–Trinajstić information content (AvgIpc) is 3.01. The van der Waals surface area contributed by atoms with Crippen molar-refractivity contribution in [2.45, 2.75) is 33.2 Å². The van der Waals surface area contributed by atoms with Crippen molar-refractivity contribution in [2.24, 2.45) is 5.92 Å². The van der Waals surface area contributed by atoms with Gasteiger partial charge in [-0.3, -0.25) is 4.79 Å². The Balaban J connectivity index is 2.19. The van der Waals surface area contributed by atoms with Gasteiger partial charge < -0.3 is 10.1 Å². The van der Waals surface area contributed by atoms with Crippen LogP contribution in [-0.2, 0) is 6.42 Å². The van der Waals surface area contributed by atoms with Crippen LogP contribution in [0.15, 0.2) is 24.3 Å². The highest BCUT2D eigenvalue weighted by atomic mass is 32.1. The maximum Gasteiger partial charge on any atom is 0.265 e. The van der Waals surface area contributed by atoms with E-state index >= 15 is 0 Å². The molecule has 0 aliphatic carbocycles. The summed E-state index contributed by atoms with van der Waals surface area (Å²) < 4.78 is 9.05. The van der Waals surface area contributed by atoms with Gasteiger partial charge in [0, 0.05) is 0 Å². The van der Waals surface area contributed by atoms with Gasteiger partial charge in [-0.25, -0.2) is 0 Å². The summed E-state index contributed by atoms with van der Waals surface area (Å²) in [6.45, 7) is 6.14. The number of carbonyl (C=O) groups excluding carboxylic acids is 1. The predicted octanol–water partition coefficient (Wildman–Crippen LogP) is 3.24. The molecular formula is C16H21N3O2S. The molecule has 0 fully saturated rings. The van der Waals surface area contributed by atoms with Crippen LogP contribution >= 0.6 is 11.5 Å². The molecule has 0 saturated carbocycles. The van der Waals surface area contributed by atoms with Crippen molar-refractivity contribution in [2.75, 3.05) is 7.11 Å². The number of benzene rings is 1. The van der Waals surface area contributed by atoms with Gasteiger partial charge in [0.15, 0.2) is 0 Å². The first-order valence-electron chi connectivity index (χ1n) is 7.32. The van der Waals surface area contributed by atoms with Gasteiger partial charge in [0.1, 0.15) is 10.6 Å². The van der Waals surface area contributed by atoms with Crippen LogP contribution in [-0.4, -0.2) is 22.6 Å². The smallest absolute Gasteiger partial charge is 0.265 e. The van der Waals surface area contributed by atoms with E-state index in [1.54, 1.807) is 7.11 Å². The van der Waals surface area contributed by atoms with Crippen molar-refractivity contribution in [3.63, 3.8) is 0 Å². The maximum atomic E-state index is 12.5. The highest BCUT2D eigenvalue weighted by molar-refractivity contribution is 7.08. The quantitative estimate of drug-likeness (QED) is 0.888. The molecule has 0 spiro atoms. The first-order chi connectivity index (χ1) is 10.6. The monoisotopic (exact) mass is 319 g/mol. The van der Waals surface area contributed by atoms with Crippen molar-refractivity contribution in [3.8, 4) is 5.75 Å². The summed E-state index contributed by atoms with van der Waals surface area (Å²) in [5, 5.41) is 7.09. The Kier molecular flexibility index (Phi) is 5.49. The molecule has 6 heteroatoms. The lowest BCUT2D eigenvalue weighted by atomic mass is 9.96. The molecule has 22 heavy (non-hydrogen) atoms. The SMILES string of the molecule is CCc1nnsc1C(=O)NC(c1ccc(OC)cc1)C(C)C. The number of nitrogens with zero attached hydrogens (tertiary/aromatic N) is 2. The Morgan fingerprint density at radius 3 is 2.55 bits per heavy atom. The van der Waals surface area contributed by atoms with Crippen LogP contribution in [0.2, 0.25) is 0 Å². The molecule has 1 unspecified atom stereocenters. The number of hydrogen-bond donors (Lipinski definition) is 1. The largest absolute Gasteiger partial charge is 0.497 e. The van der Waals surface area contributed by atoms with Crippen molar-refractivity contribution < 1.29 is 9.53 Å². The molecule has 0 saturated heterocycles. The third-order valence-corrected chi connectivity index (χ3v) is 4.29. The van der Waals surface area contributed by atoms with Gasteiger partial charge in [-0.05, 0) is 41.6 Å². The van der Waals surface area contributed by atoms with Crippen molar-refractivity contribution in [1.29, 1.82) is 0 Å². The van der Waals surface area contributed by atoms with Crippen LogP contribution in [0.4, 0.5) is 0 Å². The molecule has 5 nitrogen and oxygen atoms in total. The van der Waals surface area contributed by atoms with Crippen molar-refractivity contribution in [3.05, 3.63) is 40.4 Å². The molecule has 0 aliphatic rings. The minimum atomic E-state index is -0.110. The zero-order valence-electron chi connectivity index (χ0n) is 13.3. The number of nitrogens with one attached hydrogen (secondary N) is 1.